The average molecular weight is 376 g/mol. The van der Waals surface area contributed by atoms with Crippen LogP contribution < -0.4 is 15.6 Å². The zero-order chi connectivity index (χ0) is 19.1. The third-order valence-electron chi connectivity index (χ3n) is 4.85. The van der Waals surface area contributed by atoms with Crippen LogP contribution in [-0.4, -0.2) is 44.8 Å². The number of nitrogens with zero attached hydrogens (tertiary/aromatic N) is 5. The Labute approximate surface area is 158 Å². The number of fused-ring (bicyclic) bond motifs is 2. The lowest BCUT2D eigenvalue weighted by Gasteiger charge is -2.17. The number of carbonyl (C=O) groups excluding carboxylic acids is 1. The summed E-state index contributed by atoms with van der Waals surface area (Å²) >= 11 is 0. The molecule has 1 fully saturated rings. The van der Waals surface area contributed by atoms with Gasteiger partial charge in [0.2, 0.25) is 0 Å². The van der Waals surface area contributed by atoms with Crippen LogP contribution in [0.15, 0.2) is 58.0 Å². The molecule has 1 atom stereocenters. The van der Waals surface area contributed by atoms with E-state index in [0.717, 1.165) is 18.8 Å². The molecule has 5 rings (SSSR count). The van der Waals surface area contributed by atoms with E-state index in [-0.39, 0.29) is 17.2 Å². The summed E-state index contributed by atoms with van der Waals surface area (Å²) in [5.41, 5.74) is 0.852. The minimum Gasteiger partial charge on any atom is -0.451 e. The van der Waals surface area contributed by atoms with Crippen LogP contribution in [0.3, 0.4) is 0 Å². The van der Waals surface area contributed by atoms with Gasteiger partial charge < -0.3 is 14.6 Å². The Bertz CT molecular complexity index is 1250. The van der Waals surface area contributed by atoms with Gasteiger partial charge in [0, 0.05) is 25.2 Å². The molecule has 4 aromatic rings. The minimum absolute atomic E-state index is 0.0196. The zero-order valence-corrected chi connectivity index (χ0v) is 14.8. The van der Waals surface area contributed by atoms with Crippen LogP contribution >= 0.6 is 0 Å². The van der Waals surface area contributed by atoms with Crippen LogP contribution in [-0.2, 0) is 0 Å². The molecule has 140 valence electrons. The van der Waals surface area contributed by atoms with Crippen LogP contribution in [0.4, 0.5) is 5.82 Å². The van der Waals surface area contributed by atoms with Gasteiger partial charge in [-0.25, -0.2) is 0 Å². The van der Waals surface area contributed by atoms with Crippen molar-refractivity contribution in [1.29, 1.82) is 0 Å². The molecule has 0 radical (unpaired) electrons. The van der Waals surface area contributed by atoms with E-state index in [0.29, 0.717) is 23.2 Å². The van der Waals surface area contributed by atoms with E-state index >= 15 is 0 Å². The van der Waals surface area contributed by atoms with Gasteiger partial charge in [0.1, 0.15) is 17.7 Å². The summed E-state index contributed by atoms with van der Waals surface area (Å²) in [6.07, 6.45) is 2.32. The highest BCUT2D eigenvalue weighted by Crippen LogP contribution is 2.19. The molecule has 0 spiro atoms. The number of para-hydroxylation sites is 1. The van der Waals surface area contributed by atoms with Crippen molar-refractivity contribution in [3.8, 4) is 0 Å². The van der Waals surface area contributed by atoms with Crippen LogP contribution in [0.2, 0.25) is 0 Å². The highest BCUT2D eigenvalue weighted by Gasteiger charge is 2.26. The molecule has 0 bridgehead atoms. The van der Waals surface area contributed by atoms with Gasteiger partial charge in [-0.3, -0.25) is 9.59 Å². The van der Waals surface area contributed by atoms with Crippen LogP contribution in [0.25, 0.3) is 16.6 Å². The van der Waals surface area contributed by atoms with Crippen LogP contribution in [0.5, 0.6) is 0 Å². The van der Waals surface area contributed by atoms with Gasteiger partial charge in [-0.15, -0.1) is 15.3 Å². The summed E-state index contributed by atoms with van der Waals surface area (Å²) in [5.74, 6) is 0.421. The molecule has 0 saturated carbocycles. The molecular formula is C19H16N6O3. The van der Waals surface area contributed by atoms with Crippen molar-refractivity contribution in [2.45, 2.75) is 12.5 Å². The molecule has 1 N–H and O–H groups in total. The number of nitrogens with one attached hydrogen (secondary N) is 1. The van der Waals surface area contributed by atoms with Gasteiger partial charge in [0.05, 0.1) is 5.39 Å². The average Bonchev–Trinajstić information content (AvgIpc) is 3.36. The molecule has 9 heteroatoms. The van der Waals surface area contributed by atoms with E-state index in [4.69, 9.17) is 4.42 Å². The molecule has 1 aliphatic heterocycles. The summed E-state index contributed by atoms with van der Waals surface area (Å²) in [5, 5.41) is 15.7. The van der Waals surface area contributed by atoms with E-state index < -0.39 is 5.91 Å². The number of rotatable bonds is 3. The Morgan fingerprint density at radius 1 is 1.21 bits per heavy atom. The molecule has 3 aromatic heterocycles. The molecule has 1 unspecified atom stereocenters. The Balaban J connectivity index is 1.31. The number of hydrogen-bond donors (Lipinski definition) is 1. The lowest BCUT2D eigenvalue weighted by molar-refractivity contribution is 0.0913. The van der Waals surface area contributed by atoms with Crippen molar-refractivity contribution in [2.75, 3.05) is 18.0 Å². The van der Waals surface area contributed by atoms with Crippen LogP contribution in [0, 0.1) is 0 Å². The van der Waals surface area contributed by atoms with E-state index in [1.807, 2.05) is 12.1 Å². The minimum atomic E-state index is -0.392. The van der Waals surface area contributed by atoms with Crippen molar-refractivity contribution in [2.24, 2.45) is 0 Å². The largest absolute Gasteiger partial charge is 0.451 e. The normalized spacial score (nSPS) is 16.7. The Morgan fingerprint density at radius 3 is 3.04 bits per heavy atom. The molecule has 1 aromatic carbocycles. The fourth-order valence-corrected chi connectivity index (χ4v) is 3.45. The molecule has 1 amide bonds. The number of anilines is 1. The van der Waals surface area contributed by atoms with Gasteiger partial charge in [-0.2, -0.15) is 4.52 Å². The van der Waals surface area contributed by atoms with Crippen molar-refractivity contribution >= 4 is 28.3 Å². The van der Waals surface area contributed by atoms with Crippen LogP contribution in [0.1, 0.15) is 17.0 Å². The Kier molecular flexibility index (Phi) is 3.78. The SMILES string of the molecule is O=C(NC1CCN(c2ccc3nncn3n2)C1)c1cc(=O)c2ccccc2o1. The molecule has 28 heavy (non-hydrogen) atoms. The summed E-state index contributed by atoms with van der Waals surface area (Å²) in [6.45, 7) is 1.37. The Hall–Kier alpha value is -3.75. The second-order valence-electron chi connectivity index (χ2n) is 6.70. The third-order valence-corrected chi connectivity index (χ3v) is 4.85. The van der Waals surface area contributed by atoms with Gasteiger partial charge in [-0.05, 0) is 30.7 Å². The topological polar surface area (TPSA) is 106 Å². The smallest absolute Gasteiger partial charge is 0.287 e. The summed E-state index contributed by atoms with van der Waals surface area (Å²) < 4.78 is 7.23. The van der Waals surface area contributed by atoms with Crippen molar-refractivity contribution in [3.05, 3.63) is 64.8 Å². The van der Waals surface area contributed by atoms with Gasteiger partial charge in [-0.1, -0.05) is 12.1 Å². The highest BCUT2D eigenvalue weighted by molar-refractivity contribution is 5.93. The number of aromatic nitrogens is 4. The number of carbonyl (C=O) groups is 1. The second kappa shape index (κ2) is 6.45. The maximum Gasteiger partial charge on any atom is 0.287 e. The fraction of sp³-hybridized carbons (Fsp3) is 0.211. The first-order valence-corrected chi connectivity index (χ1v) is 8.93. The predicted molar refractivity (Wildman–Crippen MR) is 101 cm³/mol. The predicted octanol–water partition coefficient (Wildman–Crippen LogP) is 1.24. The van der Waals surface area contributed by atoms with E-state index in [9.17, 15) is 9.59 Å². The molecule has 1 aliphatic rings. The second-order valence-corrected chi connectivity index (χ2v) is 6.70. The lowest BCUT2D eigenvalue weighted by Crippen LogP contribution is -2.37. The first-order chi connectivity index (χ1) is 13.7. The highest BCUT2D eigenvalue weighted by atomic mass is 16.3. The van der Waals surface area contributed by atoms with E-state index in [1.54, 1.807) is 35.1 Å². The first-order valence-electron chi connectivity index (χ1n) is 8.93. The summed E-state index contributed by atoms with van der Waals surface area (Å²) in [7, 11) is 0. The van der Waals surface area contributed by atoms with Crippen molar-refractivity contribution in [3.63, 3.8) is 0 Å². The van der Waals surface area contributed by atoms with E-state index in [2.05, 4.69) is 25.5 Å². The maximum atomic E-state index is 12.6. The van der Waals surface area contributed by atoms with E-state index in [1.165, 1.54) is 6.07 Å². The quantitative estimate of drug-likeness (QED) is 0.573. The molecule has 0 aliphatic carbocycles. The third kappa shape index (κ3) is 2.86. The molecule has 9 nitrogen and oxygen atoms in total. The molecular weight excluding hydrogens is 360 g/mol. The van der Waals surface area contributed by atoms with Gasteiger partial charge in [0.15, 0.2) is 16.8 Å². The maximum absolute atomic E-state index is 12.6. The van der Waals surface area contributed by atoms with Gasteiger partial charge >= 0.3 is 0 Å². The summed E-state index contributed by atoms with van der Waals surface area (Å²) in [4.78, 5) is 26.9. The van der Waals surface area contributed by atoms with Gasteiger partial charge in [0.25, 0.3) is 5.91 Å². The van der Waals surface area contributed by atoms with Crippen molar-refractivity contribution < 1.29 is 9.21 Å². The number of benzene rings is 1. The lowest BCUT2D eigenvalue weighted by atomic mass is 10.2. The standard InChI is InChI=1S/C19H16N6O3/c26-14-9-16(28-15-4-2-1-3-13(14)15)19(27)21-12-7-8-24(10-12)18-6-5-17-22-20-11-25(17)23-18/h1-6,9,11-12H,7-8,10H2,(H,21,27). The molecule has 4 heterocycles. The fourth-order valence-electron chi connectivity index (χ4n) is 3.45. The number of hydrogen-bond acceptors (Lipinski definition) is 7. The molecule has 1 saturated heterocycles. The number of amides is 1. The summed E-state index contributed by atoms with van der Waals surface area (Å²) in [6, 6.07) is 11.8. The zero-order valence-electron chi connectivity index (χ0n) is 14.8. The monoisotopic (exact) mass is 376 g/mol. The first kappa shape index (κ1) is 16.4. The van der Waals surface area contributed by atoms with Crippen molar-refractivity contribution in [1.82, 2.24) is 25.1 Å². The Morgan fingerprint density at radius 2 is 2.11 bits per heavy atom.